The standard InChI is InChI=1S/C8H8O5/c9-6(10)2-1-5-3-4-13-7(5)8(11)12/h3-4H,1-2H2,(H,9,10)(H,11,12). The Morgan fingerprint density at radius 2 is 2.08 bits per heavy atom. The van der Waals surface area contributed by atoms with Crippen molar-refractivity contribution in [2.24, 2.45) is 0 Å². The van der Waals surface area contributed by atoms with Gasteiger partial charge in [0.2, 0.25) is 5.76 Å². The highest BCUT2D eigenvalue weighted by molar-refractivity contribution is 5.86. The molecule has 0 bridgehead atoms. The van der Waals surface area contributed by atoms with Crippen molar-refractivity contribution in [3.8, 4) is 0 Å². The van der Waals surface area contributed by atoms with Gasteiger partial charge in [0.15, 0.2) is 0 Å². The van der Waals surface area contributed by atoms with Crippen molar-refractivity contribution in [3.05, 3.63) is 23.7 Å². The second kappa shape index (κ2) is 3.75. The average molecular weight is 184 g/mol. The minimum atomic E-state index is -1.18. The minimum absolute atomic E-state index is 0.0974. The summed E-state index contributed by atoms with van der Waals surface area (Å²) in [5, 5.41) is 16.9. The van der Waals surface area contributed by atoms with Crippen molar-refractivity contribution in [3.63, 3.8) is 0 Å². The quantitative estimate of drug-likeness (QED) is 0.728. The van der Waals surface area contributed by atoms with E-state index in [0.29, 0.717) is 5.56 Å². The van der Waals surface area contributed by atoms with Gasteiger partial charge in [-0.25, -0.2) is 4.79 Å². The summed E-state index contributed by atoms with van der Waals surface area (Å²) in [6.45, 7) is 0. The van der Waals surface area contributed by atoms with E-state index in [1.165, 1.54) is 12.3 Å². The lowest BCUT2D eigenvalue weighted by Crippen LogP contribution is -2.02. The molecule has 0 aliphatic carbocycles. The molecule has 0 unspecified atom stereocenters. The maximum absolute atomic E-state index is 10.5. The first-order valence-corrected chi connectivity index (χ1v) is 3.62. The van der Waals surface area contributed by atoms with Gasteiger partial charge in [-0.15, -0.1) is 0 Å². The smallest absolute Gasteiger partial charge is 0.372 e. The molecule has 0 saturated heterocycles. The highest BCUT2D eigenvalue weighted by Crippen LogP contribution is 2.12. The molecular formula is C8H8O5. The maximum Gasteiger partial charge on any atom is 0.372 e. The highest BCUT2D eigenvalue weighted by atomic mass is 16.4. The molecule has 1 heterocycles. The first-order valence-electron chi connectivity index (χ1n) is 3.62. The Morgan fingerprint density at radius 1 is 1.38 bits per heavy atom. The number of hydrogen-bond acceptors (Lipinski definition) is 3. The third-order valence-corrected chi connectivity index (χ3v) is 1.55. The monoisotopic (exact) mass is 184 g/mol. The summed E-state index contributed by atoms with van der Waals surface area (Å²) >= 11 is 0. The predicted octanol–water partition coefficient (Wildman–Crippen LogP) is 0.995. The Balaban J connectivity index is 2.71. The molecule has 0 amide bonds. The largest absolute Gasteiger partial charge is 0.481 e. The molecule has 1 aromatic heterocycles. The number of furan rings is 1. The molecule has 0 fully saturated rings. The molecule has 0 aliphatic rings. The number of carboxylic acids is 2. The molecule has 0 radical (unpaired) electrons. The fourth-order valence-electron chi connectivity index (χ4n) is 0.962. The molecule has 13 heavy (non-hydrogen) atoms. The average Bonchev–Trinajstić information content (AvgIpc) is 2.47. The van der Waals surface area contributed by atoms with E-state index in [2.05, 4.69) is 4.42 Å². The molecule has 70 valence electrons. The van der Waals surface area contributed by atoms with Crippen molar-refractivity contribution in [2.45, 2.75) is 12.8 Å². The van der Waals surface area contributed by atoms with Gasteiger partial charge in [-0.3, -0.25) is 4.79 Å². The molecule has 0 spiro atoms. The minimum Gasteiger partial charge on any atom is -0.481 e. The van der Waals surface area contributed by atoms with Crippen molar-refractivity contribution in [1.82, 2.24) is 0 Å². The van der Waals surface area contributed by atoms with Crippen molar-refractivity contribution >= 4 is 11.9 Å². The first-order chi connectivity index (χ1) is 6.11. The van der Waals surface area contributed by atoms with Crippen LogP contribution < -0.4 is 0 Å². The van der Waals surface area contributed by atoms with Crippen LogP contribution in [0.2, 0.25) is 0 Å². The summed E-state index contributed by atoms with van der Waals surface area (Å²) in [4.78, 5) is 20.7. The number of rotatable bonds is 4. The molecule has 0 aliphatic heterocycles. The van der Waals surface area contributed by atoms with Crippen LogP contribution in [-0.2, 0) is 11.2 Å². The van der Waals surface area contributed by atoms with Crippen LogP contribution in [0.3, 0.4) is 0 Å². The van der Waals surface area contributed by atoms with Gasteiger partial charge in [-0.1, -0.05) is 0 Å². The fraction of sp³-hybridized carbons (Fsp3) is 0.250. The lowest BCUT2D eigenvalue weighted by atomic mass is 10.1. The van der Waals surface area contributed by atoms with Gasteiger partial charge in [0.05, 0.1) is 6.26 Å². The summed E-state index contributed by atoms with van der Waals surface area (Å²) in [5.74, 6) is -2.32. The zero-order chi connectivity index (χ0) is 9.84. The van der Waals surface area contributed by atoms with Crippen LogP contribution in [0, 0.1) is 0 Å². The van der Waals surface area contributed by atoms with Gasteiger partial charge in [0, 0.05) is 12.0 Å². The van der Waals surface area contributed by atoms with Crippen LogP contribution >= 0.6 is 0 Å². The van der Waals surface area contributed by atoms with Crippen LogP contribution in [0.5, 0.6) is 0 Å². The van der Waals surface area contributed by atoms with E-state index < -0.39 is 11.9 Å². The van der Waals surface area contributed by atoms with E-state index in [1.54, 1.807) is 0 Å². The van der Waals surface area contributed by atoms with Crippen molar-refractivity contribution in [2.75, 3.05) is 0 Å². The van der Waals surface area contributed by atoms with Gasteiger partial charge in [-0.05, 0) is 12.5 Å². The maximum atomic E-state index is 10.5. The number of aromatic carboxylic acids is 1. The Kier molecular flexibility index (Phi) is 2.69. The van der Waals surface area contributed by atoms with Gasteiger partial charge in [0.25, 0.3) is 0 Å². The molecule has 0 atom stereocenters. The van der Waals surface area contributed by atoms with Gasteiger partial charge < -0.3 is 14.6 Å². The van der Waals surface area contributed by atoms with E-state index in [1.807, 2.05) is 0 Å². The zero-order valence-corrected chi connectivity index (χ0v) is 6.69. The summed E-state index contributed by atoms with van der Waals surface area (Å²) in [5.41, 5.74) is 0.412. The van der Waals surface area contributed by atoms with Gasteiger partial charge in [0.1, 0.15) is 0 Å². The molecule has 5 heteroatoms. The van der Waals surface area contributed by atoms with Crippen LogP contribution in [-0.4, -0.2) is 22.2 Å². The summed E-state index contributed by atoms with van der Waals surface area (Å²) < 4.78 is 4.67. The Labute approximate surface area is 73.6 Å². The van der Waals surface area contributed by atoms with Crippen LogP contribution in [0.25, 0.3) is 0 Å². The third kappa shape index (κ3) is 2.33. The van der Waals surface area contributed by atoms with Crippen molar-refractivity contribution in [1.29, 1.82) is 0 Å². The van der Waals surface area contributed by atoms with E-state index in [0.717, 1.165) is 0 Å². The second-order valence-corrected chi connectivity index (χ2v) is 2.47. The molecule has 0 saturated carbocycles. The number of carbonyl (C=O) groups is 2. The predicted molar refractivity (Wildman–Crippen MR) is 41.6 cm³/mol. The lowest BCUT2D eigenvalue weighted by molar-refractivity contribution is -0.136. The Hall–Kier alpha value is -1.78. The molecule has 0 aromatic carbocycles. The Bertz CT molecular complexity index is 325. The summed E-state index contributed by atoms with van der Waals surface area (Å²) in [6, 6.07) is 1.46. The summed E-state index contributed by atoms with van der Waals surface area (Å²) in [6.07, 6.45) is 1.31. The molecule has 5 nitrogen and oxygen atoms in total. The van der Waals surface area contributed by atoms with Crippen LogP contribution in [0.15, 0.2) is 16.7 Å². The number of aliphatic carboxylic acids is 1. The van der Waals surface area contributed by atoms with E-state index in [4.69, 9.17) is 10.2 Å². The normalized spacial score (nSPS) is 9.85. The van der Waals surface area contributed by atoms with Gasteiger partial charge >= 0.3 is 11.9 Å². The summed E-state index contributed by atoms with van der Waals surface area (Å²) in [7, 11) is 0. The topological polar surface area (TPSA) is 87.7 Å². The van der Waals surface area contributed by atoms with E-state index in [9.17, 15) is 9.59 Å². The lowest BCUT2D eigenvalue weighted by Gasteiger charge is -1.94. The van der Waals surface area contributed by atoms with Crippen LogP contribution in [0.1, 0.15) is 22.5 Å². The first kappa shape index (κ1) is 9.31. The number of aryl methyl sites for hydroxylation is 1. The highest BCUT2D eigenvalue weighted by Gasteiger charge is 2.14. The van der Waals surface area contributed by atoms with E-state index in [-0.39, 0.29) is 18.6 Å². The second-order valence-electron chi connectivity index (χ2n) is 2.47. The third-order valence-electron chi connectivity index (χ3n) is 1.55. The van der Waals surface area contributed by atoms with Gasteiger partial charge in [-0.2, -0.15) is 0 Å². The number of hydrogen-bond donors (Lipinski definition) is 2. The molecular weight excluding hydrogens is 176 g/mol. The van der Waals surface area contributed by atoms with Crippen LogP contribution in [0.4, 0.5) is 0 Å². The zero-order valence-electron chi connectivity index (χ0n) is 6.69. The fourth-order valence-corrected chi connectivity index (χ4v) is 0.962. The SMILES string of the molecule is O=C(O)CCc1ccoc1C(=O)O. The van der Waals surface area contributed by atoms with Crippen molar-refractivity contribution < 1.29 is 24.2 Å². The molecule has 1 rings (SSSR count). The Morgan fingerprint density at radius 3 is 2.62 bits per heavy atom. The van der Waals surface area contributed by atoms with E-state index >= 15 is 0 Å². The molecule has 2 N–H and O–H groups in total. The number of carboxylic acid groups (broad SMARTS) is 2. The molecule has 1 aromatic rings.